The van der Waals surface area contributed by atoms with E-state index in [9.17, 15) is 24.3 Å². The number of carbonyl (C=O) groups is 4. The second-order valence-corrected chi connectivity index (χ2v) is 21.6. The predicted molar refractivity (Wildman–Crippen MR) is 253 cm³/mol. The molecule has 0 aliphatic carbocycles. The largest absolute Gasteiger partial charge is 0.454 e. The van der Waals surface area contributed by atoms with Crippen LogP contribution in [0.3, 0.4) is 0 Å². The monoisotopic (exact) mass is 955 g/mol. The summed E-state index contributed by atoms with van der Waals surface area (Å²) in [4.78, 5) is 51.0. The number of allylic oxidation sites excluding steroid dienone is 2. The van der Waals surface area contributed by atoms with E-state index in [4.69, 9.17) is 38.9 Å². The number of hydrogen-bond donors (Lipinski definition) is 5. The third kappa shape index (κ3) is 14.5. The van der Waals surface area contributed by atoms with Gasteiger partial charge in [0.1, 0.15) is 36.6 Å². The van der Waals surface area contributed by atoms with Gasteiger partial charge in [0.05, 0.1) is 17.4 Å². The molecular weight excluding hydrogens is 889 g/mol. The minimum atomic E-state index is -1.14. The number of rotatable bonds is 7. The number of amides is 3. The standard InChI is InChI=1S/C24H34N2O6S.C15H23O5.C9H10N2OS/c1-23(2,3)12-11-16-18(27)19(32-24(4,5)31-16)20(30-6)22(29)26-15-13-33-17-10-8-7-9-14(17)25-21(15)28;1-14(2,3)8-7-9-10-11(20-15(4,5)19-9)12(17-6)13(16)18-10;10-6-5-13-8-4-2-1-3-7(8)11-9(6)12/h7-12,15-16,18-20,27H,13H2,1-6H3,(H,25,28)(H,26,29);7-12H,6H2,1-5H3;1-4,6H,5,10H2,(H,11,12)/q;+1;/b12-11+;8-7+;/t15?,16-,18+,19-,20-;9-,10+,11-,12-;/m11./s1. The smallest absolute Gasteiger partial charge is 0.343 e. The third-order valence-corrected chi connectivity index (χ3v) is 12.8. The summed E-state index contributed by atoms with van der Waals surface area (Å²) < 4.78 is 39.2. The Morgan fingerprint density at radius 1 is 0.818 bits per heavy atom. The molecule has 0 bridgehead atoms. The van der Waals surface area contributed by atoms with Crippen LogP contribution in [0.5, 0.6) is 0 Å². The summed E-state index contributed by atoms with van der Waals surface area (Å²) in [6.07, 6.45) is 1.60. The molecule has 5 aliphatic rings. The minimum Gasteiger partial charge on any atom is -0.454 e. The molecule has 0 radical (unpaired) electrons. The molecule has 3 saturated heterocycles. The van der Waals surface area contributed by atoms with Crippen LogP contribution in [-0.4, -0.2) is 120 Å². The number of ether oxygens (including phenoxy) is 7. The van der Waals surface area contributed by atoms with Crippen molar-refractivity contribution in [2.24, 2.45) is 16.6 Å². The van der Waals surface area contributed by atoms with Gasteiger partial charge < -0.3 is 55.2 Å². The highest BCUT2D eigenvalue weighted by molar-refractivity contribution is 7.99. The van der Waals surface area contributed by atoms with Gasteiger partial charge in [-0.05, 0) is 62.8 Å². The topological polar surface area (TPSA) is 215 Å². The highest BCUT2D eigenvalue weighted by Crippen LogP contribution is 2.38. The number of carbonyl (C=O) groups excluding carboxylic acids is 4. The van der Waals surface area contributed by atoms with Crippen LogP contribution in [0.15, 0.2) is 82.6 Å². The molecule has 2 unspecified atom stereocenters. The Labute approximate surface area is 397 Å². The van der Waals surface area contributed by atoms with Crippen LogP contribution in [0.1, 0.15) is 69.2 Å². The van der Waals surface area contributed by atoms with E-state index in [1.54, 1.807) is 31.7 Å². The Balaban J connectivity index is 0.000000208. The van der Waals surface area contributed by atoms with E-state index in [1.807, 2.05) is 101 Å². The van der Waals surface area contributed by atoms with Crippen LogP contribution in [-0.2, 0) is 52.3 Å². The number of hydrogen-bond acceptors (Lipinski definition) is 15. The van der Waals surface area contributed by atoms with Crippen LogP contribution in [0, 0.1) is 17.9 Å². The number of anilines is 2. The number of benzene rings is 2. The van der Waals surface area contributed by atoms with E-state index in [-0.39, 0.29) is 28.7 Å². The summed E-state index contributed by atoms with van der Waals surface area (Å²) in [5.41, 5.74) is 7.11. The molecule has 18 heteroatoms. The summed E-state index contributed by atoms with van der Waals surface area (Å²) in [7, 11) is 4.70. The summed E-state index contributed by atoms with van der Waals surface area (Å²) in [5, 5.41) is 19.4. The van der Waals surface area contributed by atoms with Crippen molar-refractivity contribution in [1.29, 1.82) is 0 Å². The molecule has 2 aromatic rings. The second kappa shape index (κ2) is 22.0. The van der Waals surface area contributed by atoms with E-state index in [0.717, 1.165) is 15.5 Å². The molecule has 3 amide bonds. The van der Waals surface area contributed by atoms with Crippen LogP contribution in [0.4, 0.5) is 11.4 Å². The number of nitrogens with one attached hydrogen (secondary N) is 3. The first-order valence-corrected chi connectivity index (χ1v) is 23.8. The SMILES string of the molecule is CO[C@@H](C(=O)NC1CSc2ccccc2NC1=O)[C@@H]1OC(C)(C)O[C@H](/C=C/C(C)(C)C)[C@@H]1O.NC1CSc2ccccc2NC1=O.[CH2+]O[C@H]1C(=O)O[C@@H]2[C@H]1OC(C)(C)O[C@@H]2/C=C/C(C)(C)C. The lowest BCUT2D eigenvalue weighted by Gasteiger charge is -2.45. The van der Waals surface area contributed by atoms with E-state index in [1.165, 1.54) is 18.9 Å². The Hall–Kier alpha value is -3.95. The third-order valence-electron chi connectivity index (χ3n) is 10.4. The van der Waals surface area contributed by atoms with E-state index < -0.39 is 78.3 Å². The van der Waals surface area contributed by atoms with Gasteiger partial charge in [-0.3, -0.25) is 14.4 Å². The van der Waals surface area contributed by atoms with Gasteiger partial charge in [-0.25, -0.2) is 4.79 Å². The summed E-state index contributed by atoms with van der Waals surface area (Å²) in [6.45, 7) is 19.5. The maximum Gasteiger partial charge on any atom is 0.343 e. The number of thioether (sulfide) groups is 2. The fraction of sp³-hybridized carbons (Fsp3) is 0.562. The molecule has 5 heterocycles. The molecule has 10 atom stereocenters. The van der Waals surface area contributed by atoms with Crippen molar-refractivity contribution in [3.8, 4) is 0 Å². The summed E-state index contributed by atoms with van der Waals surface area (Å²) in [6, 6.07) is 14.0. The zero-order chi connectivity index (χ0) is 48.8. The molecule has 362 valence electrons. The molecule has 0 spiro atoms. The average Bonchev–Trinajstić information content (AvgIpc) is 3.35. The van der Waals surface area contributed by atoms with Crippen molar-refractivity contribution in [2.45, 2.75) is 152 Å². The molecular formula is C48H67N4O12S2+. The van der Waals surface area contributed by atoms with Gasteiger partial charge in [-0.15, -0.1) is 23.5 Å². The van der Waals surface area contributed by atoms with Crippen molar-refractivity contribution in [3.63, 3.8) is 0 Å². The number of para-hydroxylation sites is 2. The number of nitrogens with two attached hydrogens (primary N) is 1. The number of aliphatic hydroxyl groups excluding tert-OH is 1. The molecule has 66 heavy (non-hydrogen) atoms. The van der Waals surface area contributed by atoms with Crippen LogP contribution in [0.25, 0.3) is 0 Å². The summed E-state index contributed by atoms with van der Waals surface area (Å²) in [5.74, 6) is -2.25. The Kier molecular flexibility index (Phi) is 17.7. The fourth-order valence-electron chi connectivity index (χ4n) is 7.28. The highest BCUT2D eigenvalue weighted by Gasteiger charge is 2.57. The minimum absolute atomic E-state index is 0.0200. The van der Waals surface area contributed by atoms with Crippen molar-refractivity contribution in [3.05, 3.63) is 79.9 Å². The van der Waals surface area contributed by atoms with Gasteiger partial charge in [0, 0.05) is 28.4 Å². The number of esters is 1. The lowest BCUT2D eigenvalue weighted by Crippen LogP contribution is -2.62. The number of fused-ring (bicyclic) bond motifs is 3. The van der Waals surface area contributed by atoms with Crippen LogP contribution < -0.4 is 21.7 Å². The summed E-state index contributed by atoms with van der Waals surface area (Å²) >= 11 is 3.09. The first kappa shape index (κ1) is 53.0. The van der Waals surface area contributed by atoms with E-state index in [0.29, 0.717) is 17.2 Å². The first-order valence-electron chi connectivity index (χ1n) is 21.8. The van der Waals surface area contributed by atoms with E-state index >= 15 is 0 Å². The van der Waals surface area contributed by atoms with E-state index in [2.05, 4.69) is 43.8 Å². The van der Waals surface area contributed by atoms with Gasteiger partial charge >= 0.3 is 5.97 Å². The van der Waals surface area contributed by atoms with Crippen LogP contribution >= 0.6 is 23.5 Å². The number of methoxy groups -OCH3 is 1. The quantitative estimate of drug-likeness (QED) is 0.123. The average molecular weight is 956 g/mol. The molecule has 3 fully saturated rings. The van der Waals surface area contributed by atoms with Gasteiger partial charge in [-0.2, -0.15) is 4.74 Å². The van der Waals surface area contributed by atoms with Gasteiger partial charge in [0.2, 0.25) is 25.0 Å². The first-order chi connectivity index (χ1) is 30.8. The zero-order valence-electron chi connectivity index (χ0n) is 39.7. The molecule has 16 nitrogen and oxygen atoms in total. The molecule has 6 N–H and O–H groups in total. The van der Waals surface area contributed by atoms with Crippen molar-refractivity contribution in [1.82, 2.24) is 5.32 Å². The van der Waals surface area contributed by atoms with Crippen molar-refractivity contribution in [2.75, 3.05) is 29.2 Å². The molecule has 0 saturated carbocycles. The Bertz CT molecular complexity index is 2090. The molecule has 5 aliphatic heterocycles. The highest BCUT2D eigenvalue weighted by atomic mass is 32.2. The maximum absolute atomic E-state index is 13.2. The fourth-order valence-corrected chi connectivity index (χ4v) is 9.27. The second-order valence-electron chi connectivity index (χ2n) is 19.5. The van der Waals surface area contributed by atoms with Crippen molar-refractivity contribution < 1.29 is 57.4 Å². The lowest BCUT2D eigenvalue weighted by molar-refractivity contribution is -0.334. The molecule has 0 aromatic heterocycles. The van der Waals surface area contributed by atoms with Gasteiger partial charge in [0.25, 0.3) is 5.91 Å². The molecule has 2 aromatic carbocycles. The molecule has 7 rings (SSSR count). The zero-order valence-corrected chi connectivity index (χ0v) is 41.3. The Morgan fingerprint density at radius 2 is 1.33 bits per heavy atom. The Morgan fingerprint density at radius 3 is 1.89 bits per heavy atom. The van der Waals surface area contributed by atoms with Crippen molar-refractivity contribution >= 4 is 58.6 Å². The number of aliphatic hydroxyl groups is 1. The van der Waals surface area contributed by atoms with Crippen LogP contribution in [0.2, 0.25) is 0 Å². The normalized spacial score (nSPS) is 29.7. The lowest BCUT2D eigenvalue weighted by atomic mass is 9.93. The predicted octanol–water partition coefficient (Wildman–Crippen LogP) is 5.98. The maximum atomic E-state index is 13.2. The van der Waals surface area contributed by atoms with Gasteiger partial charge in [-0.1, -0.05) is 90.1 Å². The van der Waals surface area contributed by atoms with Gasteiger partial charge in [0.15, 0.2) is 23.8 Å².